The molecule has 106 valence electrons. The van der Waals surface area contributed by atoms with E-state index in [1.165, 1.54) is 43.2 Å². The van der Waals surface area contributed by atoms with E-state index in [4.69, 9.17) is 4.42 Å². The van der Waals surface area contributed by atoms with Crippen LogP contribution in [0.4, 0.5) is 0 Å². The van der Waals surface area contributed by atoms with Crippen LogP contribution >= 0.6 is 0 Å². The van der Waals surface area contributed by atoms with Gasteiger partial charge in [-0.05, 0) is 65.0 Å². The molecule has 1 aromatic heterocycles. The molecule has 2 nitrogen and oxygen atoms in total. The maximum Gasteiger partial charge on any atom is 0.106 e. The molecule has 0 bridgehead atoms. The Kier molecular flexibility index (Phi) is 4.87. The highest BCUT2D eigenvalue weighted by atomic mass is 16.3. The smallest absolute Gasteiger partial charge is 0.106 e. The summed E-state index contributed by atoms with van der Waals surface area (Å²) in [7, 11) is 0. The monoisotopic (exact) mass is 261 g/mol. The highest BCUT2D eigenvalue weighted by Gasteiger charge is 2.24. The van der Waals surface area contributed by atoms with Gasteiger partial charge in [0.1, 0.15) is 11.5 Å². The molecule has 1 atom stereocenters. The lowest BCUT2D eigenvalue weighted by Gasteiger charge is -2.25. The van der Waals surface area contributed by atoms with Crippen LogP contribution in [0.25, 0.3) is 0 Å². The Labute approximate surface area is 117 Å². The Morgan fingerprint density at radius 1 is 1.21 bits per heavy atom. The first-order chi connectivity index (χ1) is 9.15. The Bertz CT molecular complexity index is 456. The first-order valence-electron chi connectivity index (χ1n) is 7.64. The van der Waals surface area contributed by atoms with Gasteiger partial charge in [0.25, 0.3) is 0 Å². The lowest BCUT2D eigenvalue weighted by molar-refractivity contribution is 0.487. The second-order valence-corrected chi connectivity index (χ2v) is 5.67. The van der Waals surface area contributed by atoms with Crippen LogP contribution in [0.2, 0.25) is 0 Å². The number of hydrogen-bond acceptors (Lipinski definition) is 2. The average molecular weight is 261 g/mol. The molecule has 2 rings (SSSR count). The lowest BCUT2D eigenvalue weighted by Crippen LogP contribution is -2.25. The standard InChI is InChI=1S/C17H27NO/c1-5-11-18-17(15-9-7-6-8-10-15)16-12(2)13(3)19-14(16)4/h9,17-18H,5-8,10-11H2,1-4H3. The number of allylic oxidation sites excluding steroid dienone is 1. The van der Waals surface area contributed by atoms with Crippen molar-refractivity contribution in [2.75, 3.05) is 6.54 Å². The van der Waals surface area contributed by atoms with Gasteiger partial charge in [-0.2, -0.15) is 0 Å². The van der Waals surface area contributed by atoms with Crippen molar-refractivity contribution >= 4 is 0 Å². The molecule has 1 heterocycles. The maximum absolute atomic E-state index is 5.83. The summed E-state index contributed by atoms with van der Waals surface area (Å²) < 4.78 is 5.83. The molecule has 0 aromatic carbocycles. The zero-order valence-electron chi connectivity index (χ0n) is 12.8. The minimum absolute atomic E-state index is 0.359. The van der Waals surface area contributed by atoms with E-state index >= 15 is 0 Å². The van der Waals surface area contributed by atoms with Crippen molar-refractivity contribution in [2.24, 2.45) is 0 Å². The number of hydrogen-bond donors (Lipinski definition) is 1. The first kappa shape index (κ1) is 14.4. The zero-order valence-corrected chi connectivity index (χ0v) is 12.8. The molecular formula is C17H27NO. The Morgan fingerprint density at radius 2 is 2.00 bits per heavy atom. The highest BCUT2D eigenvalue weighted by Crippen LogP contribution is 2.35. The van der Waals surface area contributed by atoms with Gasteiger partial charge in [0.15, 0.2) is 0 Å². The van der Waals surface area contributed by atoms with E-state index in [9.17, 15) is 0 Å². The van der Waals surface area contributed by atoms with Crippen LogP contribution in [0.1, 0.15) is 67.7 Å². The first-order valence-corrected chi connectivity index (χ1v) is 7.64. The van der Waals surface area contributed by atoms with Crippen LogP contribution in [-0.4, -0.2) is 6.54 Å². The van der Waals surface area contributed by atoms with Crippen molar-refractivity contribution in [1.29, 1.82) is 0 Å². The summed E-state index contributed by atoms with van der Waals surface area (Å²) >= 11 is 0. The summed E-state index contributed by atoms with van der Waals surface area (Å²) in [6, 6.07) is 0.359. The summed E-state index contributed by atoms with van der Waals surface area (Å²) in [6.07, 6.45) is 8.73. The second kappa shape index (κ2) is 6.42. The molecule has 0 fully saturated rings. The molecule has 0 radical (unpaired) electrons. The zero-order chi connectivity index (χ0) is 13.8. The van der Waals surface area contributed by atoms with E-state index in [-0.39, 0.29) is 0 Å². The Morgan fingerprint density at radius 3 is 2.53 bits per heavy atom. The lowest BCUT2D eigenvalue weighted by atomic mass is 9.88. The van der Waals surface area contributed by atoms with E-state index in [0.717, 1.165) is 18.1 Å². The number of nitrogens with one attached hydrogen (secondary N) is 1. The topological polar surface area (TPSA) is 25.2 Å². The minimum atomic E-state index is 0.359. The molecule has 0 aliphatic heterocycles. The molecule has 0 spiro atoms. The fourth-order valence-corrected chi connectivity index (χ4v) is 3.07. The molecule has 1 aliphatic carbocycles. The average Bonchev–Trinajstić information content (AvgIpc) is 2.67. The van der Waals surface area contributed by atoms with Crippen LogP contribution < -0.4 is 5.32 Å². The summed E-state index contributed by atoms with van der Waals surface area (Å²) in [4.78, 5) is 0. The molecule has 1 unspecified atom stereocenters. The number of furan rings is 1. The third-order valence-electron chi connectivity index (χ3n) is 4.20. The van der Waals surface area contributed by atoms with Gasteiger partial charge in [-0.1, -0.05) is 18.6 Å². The van der Waals surface area contributed by atoms with Crippen LogP contribution in [0, 0.1) is 20.8 Å². The second-order valence-electron chi connectivity index (χ2n) is 5.67. The molecule has 0 saturated carbocycles. The van der Waals surface area contributed by atoms with Gasteiger partial charge in [0.05, 0.1) is 6.04 Å². The van der Waals surface area contributed by atoms with Crippen LogP contribution in [0.15, 0.2) is 16.1 Å². The molecule has 2 heteroatoms. The van der Waals surface area contributed by atoms with Crippen LogP contribution in [0.3, 0.4) is 0 Å². The predicted octanol–water partition coefficient (Wildman–Crippen LogP) is 4.75. The molecule has 0 amide bonds. The summed E-state index contributed by atoms with van der Waals surface area (Å²) in [5, 5.41) is 3.72. The maximum atomic E-state index is 5.83. The van der Waals surface area contributed by atoms with Crippen molar-refractivity contribution in [2.45, 2.75) is 65.8 Å². The van der Waals surface area contributed by atoms with E-state index in [1.54, 1.807) is 5.57 Å². The fourth-order valence-electron chi connectivity index (χ4n) is 3.07. The molecular weight excluding hydrogens is 234 g/mol. The summed E-state index contributed by atoms with van der Waals surface area (Å²) in [5.41, 5.74) is 4.25. The van der Waals surface area contributed by atoms with Crippen molar-refractivity contribution in [3.8, 4) is 0 Å². The molecule has 1 aliphatic rings. The third-order valence-corrected chi connectivity index (χ3v) is 4.20. The summed E-state index contributed by atoms with van der Waals surface area (Å²) in [5.74, 6) is 2.14. The quantitative estimate of drug-likeness (QED) is 0.774. The fraction of sp³-hybridized carbons (Fsp3) is 0.647. The summed E-state index contributed by atoms with van der Waals surface area (Å²) in [6.45, 7) is 9.63. The Balaban J connectivity index is 2.33. The van der Waals surface area contributed by atoms with Crippen LogP contribution in [-0.2, 0) is 0 Å². The van der Waals surface area contributed by atoms with Crippen molar-refractivity contribution in [3.05, 3.63) is 34.3 Å². The SMILES string of the molecule is CCCNC(C1=CCCCC1)c1c(C)oc(C)c1C. The van der Waals surface area contributed by atoms with Gasteiger partial charge in [-0.25, -0.2) is 0 Å². The van der Waals surface area contributed by atoms with Gasteiger partial charge in [-0.15, -0.1) is 0 Å². The largest absolute Gasteiger partial charge is 0.466 e. The van der Waals surface area contributed by atoms with E-state index in [0.29, 0.717) is 6.04 Å². The number of aryl methyl sites for hydroxylation is 2. The van der Waals surface area contributed by atoms with E-state index in [2.05, 4.69) is 39.1 Å². The van der Waals surface area contributed by atoms with Gasteiger partial charge < -0.3 is 9.73 Å². The van der Waals surface area contributed by atoms with E-state index < -0.39 is 0 Å². The number of rotatable bonds is 5. The van der Waals surface area contributed by atoms with Gasteiger partial charge >= 0.3 is 0 Å². The minimum Gasteiger partial charge on any atom is -0.466 e. The van der Waals surface area contributed by atoms with Gasteiger partial charge in [0.2, 0.25) is 0 Å². The molecule has 1 aromatic rings. The highest BCUT2D eigenvalue weighted by molar-refractivity contribution is 5.39. The Hall–Kier alpha value is -1.02. The molecule has 1 N–H and O–H groups in total. The third kappa shape index (κ3) is 3.11. The van der Waals surface area contributed by atoms with Crippen molar-refractivity contribution in [3.63, 3.8) is 0 Å². The molecule has 0 saturated heterocycles. The van der Waals surface area contributed by atoms with E-state index in [1.807, 2.05) is 0 Å². The van der Waals surface area contributed by atoms with Gasteiger partial charge in [0, 0.05) is 5.56 Å². The van der Waals surface area contributed by atoms with Crippen molar-refractivity contribution in [1.82, 2.24) is 5.32 Å². The van der Waals surface area contributed by atoms with Gasteiger partial charge in [-0.3, -0.25) is 0 Å². The van der Waals surface area contributed by atoms with Crippen molar-refractivity contribution < 1.29 is 4.42 Å². The normalized spacial score (nSPS) is 17.4. The van der Waals surface area contributed by atoms with Crippen LogP contribution in [0.5, 0.6) is 0 Å². The molecule has 19 heavy (non-hydrogen) atoms. The predicted molar refractivity (Wildman–Crippen MR) is 80.5 cm³/mol.